The van der Waals surface area contributed by atoms with Crippen LogP contribution in [0.25, 0.3) is 0 Å². The number of urea groups is 1. The first kappa shape index (κ1) is 19.9. The van der Waals surface area contributed by atoms with Crippen molar-refractivity contribution >= 4 is 17.6 Å². The van der Waals surface area contributed by atoms with Crippen molar-refractivity contribution < 1.29 is 9.59 Å². The fraction of sp³-hybridized carbons (Fsp3) is 0.409. The molecule has 2 heterocycles. The van der Waals surface area contributed by atoms with Crippen LogP contribution in [0.1, 0.15) is 36.6 Å². The van der Waals surface area contributed by atoms with Gasteiger partial charge in [-0.15, -0.1) is 0 Å². The van der Waals surface area contributed by atoms with Crippen LogP contribution in [0.3, 0.4) is 0 Å². The van der Waals surface area contributed by atoms with Gasteiger partial charge < -0.3 is 15.1 Å². The molecule has 0 bridgehead atoms. The molecule has 0 spiro atoms. The minimum atomic E-state index is -0.112. The maximum atomic E-state index is 12.5. The van der Waals surface area contributed by atoms with Gasteiger partial charge >= 0.3 is 6.03 Å². The summed E-state index contributed by atoms with van der Waals surface area (Å²) < 4.78 is 0. The van der Waals surface area contributed by atoms with Crippen LogP contribution in [0.5, 0.6) is 0 Å². The van der Waals surface area contributed by atoms with Crippen molar-refractivity contribution in [3.63, 3.8) is 0 Å². The standard InChI is InChI=1S/C22H28N4O2/c1-16-10-11-23-19(13-16)14-17(2)25(3)22(28)24-15-18-6-8-20(9-7-18)26-12-4-5-21(26)27/h6-11,13,17H,4-5,12,14-15H2,1-3H3,(H,24,28). The molecule has 1 aromatic heterocycles. The Morgan fingerprint density at radius 1 is 1.29 bits per heavy atom. The van der Waals surface area contributed by atoms with Crippen LogP contribution >= 0.6 is 0 Å². The Labute approximate surface area is 166 Å². The van der Waals surface area contributed by atoms with Crippen LogP contribution in [0, 0.1) is 6.92 Å². The van der Waals surface area contributed by atoms with Gasteiger partial charge in [0.2, 0.25) is 5.91 Å². The summed E-state index contributed by atoms with van der Waals surface area (Å²) in [4.78, 5) is 32.2. The molecule has 1 aliphatic rings. The molecule has 3 amide bonds. The van der Waals surface area contributed by atoms with E-state index >= 15 is 0 Å². The summed E-state index contributed by atoms with van der Waals surface area (Å²) in [5, 5.41) is 2.96. The maximum Gasteiger partial charge on any atom is 0.317 e. The first-order valence-corrected chi connectivity index (χ1v) is 9.75. The Morgan fingerprint density at radius 3 is 2.68 bits per heavy atom. The lowest BCUT2D eigenvalue weighted by atomic mass is 10.1. The van der Waals surface area contributed by atoms with Crippen LogP contribution < -0.4 is 10.2 Å². The second kappa shape index (κ2) is 8.87. The second-order valence-electron chi connectivity index (χ2n) is 7.46. The van der Waals surface area contributed by atoms with Crippen molar-refractivity contribution in [2.75, 3.05) is 18.5 Å². The van der Waals surface area contributed by atoms with E-state index in [1.807, 2.05) is 49.1 Å². The number of rotatable bonds is 6. The molecular weight excluding hydrogens is 352 g/mol. The average molecular weight is 380 g/mol. The van der Waals surface area contributed by atoms with Gasteiger partial charge in [0.1, 0.15) is 0 Å². The van der Waals surface area contributed by atoms with Gasteiger partial charge in [0.25, 0.3) is 0 Å². The fourth-order valence-electron chi connectivity index (χ4n) is 3.37. The molecule has 1 aliphatic heterocycles. The molecule has 148 valence electrons. The zero-order valence-corrected chi connectivity index (χ0v) is 16.8. The molecule has 0 saturated carbocycles. The summed E-state index contributed by atoms with van der Waals surface area (Å²) in [7, 11) is 1.80. The van der Waals surface area contributed by atoms with Crippen molar-refractivity contribution in [3.8, 4) is 0 Å². The highest BCUT2D eigenvalue weighted by atomic mass is 16.2. The van der Waals surface area contributed by atoms with Gasteiger partial charge in [-0.25, -0.2) is 4.79 Å². The Balaban J connectivity index is 1.50. The molecule has 1 aromatic carbocycles. The van der Waals surface area contributed by atoms with E-state index in [0.717, 1.165) is 29.9 Å². The number of pyridine rings is 1. The number of amides is 3. The van der Waals surface area contributed by atoms with E-state index < -0.39 is 0 Å². The molecule has 3 rings (SSSR count). The number of hydrogen-bond acceptors (Lipinski definition) is 3. The fourth-order valence-corrected chi connectivity index (χ4v) is 3.37. The van der Waals surface area contributed by atoms with Crippen molar-refractivity contribution in [3.05, 3.63) is 59.4 Å². The third-order valence-corrected chi connectivity index (χ3v) is 5.22. The van der Waals surface area contributed by atoms with Gasteiger partial charge in [-0.3, -0.25) is 9.78 Å². The number of aromatic nitrogens is 1. The van der Waals surface area contributed by atoms with Crippen LogP contribution in [-0.2, 0) is 17.8 Å². The third-order valence-electron chi connectivity index (χ3n) is 5.22. The normalized spacial score (nSPS) is 14.8. The van der Waals surface area contributed by atoms with E-state index in [-0.39, 0.29) is 18.0 Å². The molecule has 28 heavy (non-hydrogen) atoms. The number of carbonyl (C=O) groups is 2. The van der Waals surface area contributed by atoms with E-state index in [2.05, 4.69) is 16.4 Å². The predicted octanol–water partition coefficient (Wildman–Crippen LogP) is 3.29. The highest BCUT2D eigenvalue weighted by Gasteiger charge is 2.21. The molecule has 0 radical (unpaired) electrons. The number of aryl methyl sites for hydroxylation is 1. The maximum absolute atomic E-state index is 12.5. The molecular formula is C22H28N4O2. The largest absolute Gasteiger partial charge is 0.334 e. The number of hydrogen-bond donors (Lipinski definition) is 1. The first-order chi connectivity index (χ1) is 13.4. The minimum Gasteiger partial charge on any atom is -0.334 e. The van der Waals surface area contributed by atoms with Gasteiger partial charge in [-0.1, -0.05) is 12.1 Å². The number of nitrogens with one attached hydrogen (secondary N) is 1. The van der Waals surface area contributed by atoms with Gasteiger partial charge in [0, 0.05) is 56.6 Å². The zero-order chi connectivity index (χ0) is 20.1. The molecule has 1 atom stereocenters. The van der Waals surface area contributed by atoms with E-state index in [1.54, 1.807) is 18.1 Å². The van der Waals surface area contributed by atoms with Gasteiger partial charge in [-0.05, 0) is 55.7 Å². The molecule has 0 aliphatic carbocycles. The molecule has 1 fully saturated rings. The summed E-state index contributed by atoms with van der Waals surface area (Å²) in [5.74, 6) is 0.180. The number of carbonyl (C=O) groups excluding carboxylic acids is 2. The average Bonchev–Trinajstić information content (AvgIpc) is 3.11. The van der Waals surface area contributed by atoms with Gasteiger partial charge in [0.05, 0.1) is 0 Å². The van der Waals surface area contributed by atoms with Crippen molar-refractivity contribution in [1.82, 2.24) is 15.2 Å². The summed E-state index contributed by atoms with van der Waals surface area (Å²) in [5.41, 5.74) is 4.08. The summed E-state index contributed by atoms with van der Waals surface area (Å²) in [6, 6.07) is 11.8. The smallest absolute Gasteiger partial charge is 0.317 e. The van der Waals surface area contributed by atoms with Gasteiger partial charge in [0.15, 0.2) is 0 Å². The molecule has 6 heteroatoms. The lowest BCUT2D eigenvalue weighted by Crippen LogP contribution is -2.43. The number of nitrogens with zero attached hydrogens (tertiary/aromatic N) is 3. The van der Waals surface area contributed by atoms with Crippen molar-refractivity contribution in [1.29, 1.82) is 0 Å². The quantitative estimate of drug-likeness (QED) is 0.836. The molecule has 1 saturated heterocycles. The molecule has 6 nitrogen and oxygen atoms in total. The van der Waals surface area contributed by atoms with Crippen LogP contribution in [0.4, 0.5) is 10.5 Å². The Hall–Kier alpha value is -2.89. The molecule has 1 N–H and O–H groups in total. The summed E-state index contributed by atoms with van der Waals surface area (Å²) in [6.45, 7) is 5.29. The third kappa shape index (κ3) is 4.88. The highest BCUT2D eigenvalue weighted by molar-refractivity contribution is 5.95. The number of likely N-dealkylation sites (N-methyl/N-ethyl adjacent to an activating group) is 1. The van der Waals surface area contributed by atoms with Crippen molar-refractivity contribution in [2.24, 2.45) is 0 Å². The van der Waals surface area contributed by atoms with Gasteiger partial charge in [-0.2, -0.15) is 0 Å². The molecule has 1 unspecified atom stereocenters. The summed E-state index contributed by atoms with van der Waals surface area (Å²) >= 11 is 0. The Kier molecular flexibility index (Phi) is 6.29. The monoisotopic (exact) mass is 380 g/mol. The van der Waals surface area contributed by atoms with Crippen LogP contribution in [0.2, 0.25) is 0 Å². The number of anilines is 1. The summed E-state index contributed by atoms with van der Waals surface area (Å²) in [6.07, 6.45) is 4.06. The van der Waals surface area contributed by atoms with E-state index in [9.17, 15) is 9.59 Å². The lowest BCUT2D eigenvalue weighted by molar-refractivity contribution is -0.117. The van der Waals surface area contributed by atoms with Crippen LogP contribution in [0.15, 0.2) is 42.6 Å². The zero-order valence-electron chi connectivity index (χ0n) is 16.8. The Morgan fingerprint density at radius 2 is 2.04 bits per heavy atom. The Bertz CT molecular complexity index is 835. The van der Waals surface area contributed by atoms with Crippen molar-refractivity contribution in [2.45, 2.75) is 45.7 Å². The number of benzene rings is 1. The predicted molar refractivity (Wildman–Crippen MR) is 110 cm³/mol. The highest BCUT2D eigenvalue weighted by Crippen LogP contribution is 2.21. The topological polar surface area (TPSA) is 65.5 Å². The lowest BCUT2D eigenvalue weighted by Gasteiger charge is -2.25. The molecule has 2 aromatic rings. The SMILES string of the molecule is Cc1ccnc(CC(C)N(C)C(=O)NCc2ccc(N3CCCC3=O)cc2)c1. The minimum absolute atomic E-state index is 0.0397. The second-order valence-corrected chi connectivity index (χ2v) is 7.46. The van der Waals surface area contributed by atoms with Crippen LogP contribution in [-0.4, -0.2) is 41.5 Å². The first-order valence-electron chi connectivity index (χ1n) is 9.75. The van der Waals surface area contributed by atoms with E-state index in [4.69, 9.17) is 0 Å². The van der Waals surface area contributed by atoms with E-state index in [0.29, 0.717) is 19.4 Å². The van der Waals surface area contributed by atoms with E-state index in [1.165, 1.54) is 5.56 Å².